The van der Waals surface area contributed by atoms with Gasteiger partial charge in [-0.05, 0) is 47.8 Å². The molecule has 0 heterocycles. The highest BCUT2D eigenvalue weighted by atomic mass is 28.4. The van der Waals surface area contributed by atoms with Gasteiger partial charge in [0.15, 0.2) is 0 Å². The van der Waals surface area contributed by atoms with E-state index in [1.807, 2.05) is 26.8 Å². The molecule has 0 aliphatic rings. The van der Waals surface area contributed by atoms with Gasteiger partial charge in [-0.15, -0.1) is 0 Å². The molecule has 0 fully saturated rings. The van der Waals surface area contributed by atoms with Crippen LogP contribution in [0.2, 0.25) is 5.04 Å². The fourth-order valence-corrected chi connectivity index (χ4v) is 9.42. The summed E-state index contributed by atoms with van der Waals surface area (Å²) >= 11 is 0. The average molecular weight is 594 g/mol. The molecule has 0 radical (unpaired) electrons. The van der Waals surface area contributed by atoms with Crippen molar-refractivity contribution in [2.24, 2.45) is 0 Å². The van der Waals surface area contributed by atoms with E-state index in [1.54, 1.807) is 7.11 Å². The van der Waals surface area contributed by atoms with E-state index in [2.05, 4.69) is 98.9 Å². The largest absolute Gasteiger partial charge is 0.496 e. The van der Waals surface area contributed by atoms with Crippen LogP contribution in [0.5, 0.6) is 5.75 Å². The highest BCUT2D eigenvalue weighted by Crippen LogP contribution is 2.38. The molecule has 0 bridgehead atoms. The second-order valence-electron chi connectivity index (χ2n) is 12.2. The normalized spacial score (nSPS) is 12.2. The third-order valence-electron chi connectivity index (χ3n) is 6.77. The summed E-state index contributed by atoms with van der Waals surface area (Å²) in [6, 6.07) is 27.4. The summed E-state index contributed by atoms with van der Waals surface area (Å²) in [4.78, 5) is 11.7. The van der Waals surface area contributed by atoms with Gasteiger partial charge < -0.3 is 28.7 Å². The van der Waals surface area contributed by atoms with Crippen molar-refractivity contribution in [2.75, 3.05) is 33.5 Å². The van der Waals surface area contributed by atoms with Crippen LogP contribution >= 0.6 is 0 Å². The molecule has 1 amide bonds. The standard InChI is InChI=1S/C34H47NO6Si/c1-33(2,3)41-32(36)35-20-21-38-22-23-39-25-27-18-19-28(31(24-27)37-7)26-40-42(34(4,5)6,29-14-10-8-11-15-29)30-16-12-9-13-17-30/h8-19,24H,20-23,25-26H2,1-7H3,(H,35,36). The van der Waals surface area contributed by atoms with Crippen molar-refractivity contribution in [3.63, 3.8) is 0 Å². The molecule has 228 valence electrons. The van der Waals surface area contributed by atoms with Gasteiger partial charge in [0.05, 0.1) is 40.1 Å². The van der Waals surface area contributed by atoms with Gasteiger partial charge in [0.25, 0.3) is 8.32 Å². The Morgan fingerprint density at radius 1 is 0.762 bits per heavy atom. The van der Waals surface area contributed by atoms with Crippen LogP contribution in [-0.4, -0.2) is 53.5 Å². The maximum atomic E-state index is 11.7. The summed E-state index contributed by atoms with van der Waals surface area (Å²) in [5.74, 6) is 0.776. The first kappa shape index (κ1) is 33.3. The van der Waals surface area contributed by atoms with Gasteiger partial charge in [0.1, 0.15) is 11.4 Å². The maximum absolute atomic E-state index is 11.7. The number of hydrogen-bond acceptors (Lipinski definition) is 6. The molecule has 0 saturated heterocycles. The van der Waals surface area contributed by atoms with Crippen molar-refractivity contribution in [3.05, 3.63) is 90.0 Å². The zero-order chi connectivity index (χ0) is 30.6. The lowest BCUT2D eigenvalue weighted by Gasteiger charge is -2.43. The van der Waals surface area contributed by atoms with E-state index in [1.165, 1.54) is 10.4 Å². The van der Waals surface area contributed by atoms with Gasteiger partial charge in [-0.3, -0.25) is 0 Å². The van der Waals surface area contributed by atoms with E-state index < -0.39 is 20.0 Å². The van der Waals surface area contributed by atoms with Gasteiger partial charge in [0, 0.05) is 12.1 Å². The van der Waals surface area contributed by atoms with Crippen LogP contribution in [0.3, 0.4) is 0 Å². The minimum Gasteiger partial charge on any atom is -0.496 e. The Hall–Kier alpha value is -3.17. The molecule has 0 saturated carbocycles. The van der Waals surface area contributed by atoms with Gasteiger partial charge >= 0.3 is 6.09 Å². The summed E-state index contributed by atoms with van der Waals surface area (Å²) in [6.45, 7) is 14.8. The quantitative estimate of drug-likeness (QED) is 0.187. The molecule has 0 aromatic heterocycles. The Morgan fingerprint density at radius 2 is 1.36 bits per heavy atom. The number of alkyl carbamates (subject to hydrolysis) is 1. The first-order valence-electron chi connectivity index (χ1n) is 14.5. The number of carbonyl (C=O) groups excluding carboxylic acids is 1. The smallest absolute Gasteiger partial charge is 0.407 e. The Morgan fingerprint density at radius 3 is 1.90 bits per heavy atom. The van der Waals surface area contributed by atoms with Gasteiger partial charge in [-0.1, -0.05) is 93.6 Å². The molecule has 3 aromatic rings. The van der Waals surface area contributed by atoms with E-state index >= 15 is 0 Å². The van der Waals surface area contributed by atoms with Crippen LogP contribution in [0, 0.1) is 0 Å². The van der Waals surface area contributed by atoms with Crippen LogP contribution < -0.4 is 20.4 Å². The zero-order valence-electron chi connectivity index (χ0n) is 26.2. The van der Waals surface area contributed by atoms with Crippen LogP contribution in [0.25, 0.3) is 0 Å². The van der Waals surface area contributed by atoms with Gasteiger partial charge in [-0.25, -0.2) is 4.79 Å². The number of rotatable bonds is 14. The SMILES string of the molecule is COc1cc(COCCOCCNC(=O)OC(C)(C)C)ccc1CO[Si](c1ccccc1)(c1ccccc1)C(C)(C)C. The number of ether oxygens (including phenoxy) is 4. The van der Waals surface area contributed by atoms with E-state index in [0.29, 0.717) is 39.6 Å². The van der Waals surface area contributed by atoms with Crippen LogP contribution in [0.1, 0.15) is 52.7 Å². The molecular formula is C34H47NO6Si. The Kier molecular flexibility index (Phi) is 12.2. The molecule has 1 N–H and O–H groups in total. The number of methoxy groups -OCH3 is 1. The monoisotopic (exact) mass is 593 g/mol. The predicted molar refractivity (Wildman–Crippen MR) is 170 cm³/mol. The zero-order valence-corrected chi connectivity index (χ0v) is 27.2. The van der Waals surface area contributed by atoms with E-state index in [9.17, 15) is 4.79 Å². The lowest BCUT2D eigenvalue weighted by Crippen LogP contribution is -2.66. The molecule has 42 heavy (non-hydrogen) atoms. The number of amides is 1. The molecule has 0 unspecified atom stereocenters. The minimum absolute atomic E-state index is 0.107. The first-order valence-corrected chi connectivity index (χ1v) is 16.4. The van der Waals surface area contributed by atoms with Crippen molar-refractivity contribution in [1.29, 1.82) is 0 Å². The summed E-state index contributed by atoms with van der Waals surface area (Å²) in [5.41, 5.74) is 1.48. The Bertz CT molecular complexity index is 1200. The second-order valence-corrected chi connectivity index (χ2v) is 16.5. The molecule has 0 spiro atoms. The van der Waals surface area contributed by atoms with Crippen molar-refractivity contribution in [1.82, 2.24) is 5.32 Å². The third-order valence-corrected chi connectivity index (χ3v) is 11.8. The Balaban J connectivity index is 1.58. The lowest BCUT2D eigenvalue weighted by molar-refractivity contribution is 0.0355. The average Bonchev–Trinajstić information content (AvgIpc) is 2.94. The highest BCUT2D eigenvalue weighted by molar-refractivity contribution is 6.99. The lowest BCUT2D eigenvalue weighted by atomic mass is 10.1. The number of carbonyl (C=O) groups is 1. The van der Waals surface area contributed by atoms with E-state index in [4.69, 9.17) is 23.4 Å². The summed E-state index contributed by atoms with van der Waals surface area (Å²) in [7, 11) is -0.977. The summed E-state index contributed by atoms with van der Waals surface area (Å²) in [5, 5.41) is 5.06. The van der Waals surface area contributed by atoms with Crippen LogP contribution in [0.15, 0.2) is 78.9 Å². The predicted octanol–water partition coefficient (Wildman–Crippen LogP) is 5.83. The molecule has 0 atom stereocenters. The number of hydrogen-bond donors (Lipinski definition) is 1. The topological polar surface area (TPSA) is 75.2 Å². The minimum atomic E-state index is -2.66. The third kappa shape index (κ3) is 9.42. The number of nitrogens with one attached hydrogen (secondary N) is 1. The maximum Gasteiger partial charge on any atom is 0.407 e. The molecule has 0 aliphatic carbocycles. The van der Waals surface area contributed by atoms with Crippen LogP contribution in [-0.2, 0) is 31.9 Å². The highest BCUT2D eigenvalue weighted by Gasteiger charge is 2.50. The van der Waals surface area contributed by atoms with E-state index in [0.717, 1.165) is 16.9 Å². The van der Waals surface area contributed by atoms with Gasteiger partial charge in [0.2, 0.25) is 0 Å². The summed E-state index contributed by atoms with van der Waals surface area (Å²) < 4.78 is 29.4. The molecule has 7 nitrogen and oxygen atoms in total. The van der Waals surface area contributed by atoms with Crippen molar-refractivity contribution in [3.8, 4) is 5.75 Å². The molecule has 8 heteroatoms. The molecule has 3 aromatic carbocycles. The second kappa shape index (κ2) is 15.3. The molecule has 3 rings (SSSR count). The van der Waals surface area contributed by atoms with Crippen LogP contribution in [0.4, 0.5) is 4.79 Å². The fraction of sp³-hybridized carbons (Fsp3) is 0.441. The Labute approximate surface area is 252 Å². The summed E-state index contributed by atoms with van der Waals surface area (Å²) in [6.07, 6.45) is -0.447. The molecule has 0 aliphatic heterocycles. The first-order chi connectivity index (χ1) is 20.0. The molecular weight excluding hydrogens is 546 g/mol. The number of benzene rings is 3. The van der Waals surface area contributed by atoms with Crippen molar-refractivity contribution in [2.45, 2.75) is 65.4 Å². The van der Waals surface area contributed by atoms with Crippen molar-refractivity contribution >= 4 is 24.8 Å². The van der Waals surface area contributed by atoms with Gasteiger partial charge in [-0.2, -0.15) is 0 Å². The van der Waals surface area contributed by atoms with E-state index in [-0.39, 0.29) is 5.04 Å². The van der Waals surface area contributed by atoms with Crippen molar-refractivity contribution < 1.29 is 28.2 Å². The fourth-order valence-electron chi connectivity index (χ4n) is 4.89.